The monoisotopic (exact) mass is 287 g/mol. The molecule has 17 heavy (non-hydrogen) atoms. The molecule has 0 atom stereocenters. The molecule has 0 radical (unpaired) electrons. The lowest BCUT2D eigenvalue weighted by Gasteiger charge is -2.09. The minimum Gasteiger partial charge on any atom is -0.350 e. The van der Waals surface area contributed by atoms with Crippen LogP contribution in [0.25, 0.3) is 0 Å². The Labute approximate surface area is 110 Å². The molecule has 3 nitrogen and oxygen atoms in total. The molecular formula is C11H14NO2PS2. The maximum absolute atomic E-state index is 11.7. The Morgan fingerprint density at radius 1 is 1.29 bits per heavy atom. The molecule has 1 saturated heterocycles. The van der Waals surface area contributed by atoms with Gasteiger partial charge < -0.3 is 9.84 Å². The van der Waals surface area contributed by atoms with Crippen LogP contribution in [-0.2, 0) is 4.52 Å². The number of benzene rings is 1. The number of carbonyl (C=O) groups excluding carboxylic acids is 1. The van der Waals surface area contributed by atoms with E-state index in [1.807, 2.05) is 53.1 Å². The van der Waals surface area contributed by atoms with E-state index in [2.05, 4.69) is 5.32 Å². The molecule has 0 saturated carbocycles. The van der Waals surface area contributed by atoms with Crippen molar-refractivity contribution in [2.75, 3.05) is 24.7 Å². The van der Waals surface area contributed by atoms with Crippen molar-refractivity contribution >= 4 is 35.2 Å². The lowest BCUT2D eigenvalue weighted by atomic mass is 10.2. The predicted molar refractivity (Wildman–Crippen MR) is 76.6 cm³/mol. The largest absolute Gasteiger partial charge is 0.350 e. The van der Waals surface area contributed by atoms with Gasteiger partial charge in [0.2, 0.25) is 0 Å². The molecule has 0 aromatic heterocycles. The summed E-state index contributed by atoms with van der Waals surface area (Å²) in [6.45, 7) is 0.830. The molecule has 92 valence electrons. The van der Waals surface area contributed by atoms with Gasteiger partial charge in [-0.1, -0.05) is 41.0 Å². The molecule has 1 aromatic rings. The van der Waals surface area contributed by atoms with E-state index in [4.69, 9.17) is 4.52 Å². The van der Waals surface area contributed by atoms with Crippen LogP contribution in [0.2, 0.25) is 0 Å². The Hall–Kier alpha value is -0.220. The minimum absolute atomic E-state index is 0.0336. The summed E-state index contributed by atoms with van der Waals surface area (Å²) >= 11 is 3.78. The third-order valence-corrected chi connectivity index (χ3v) is 8.83. The molecule has 1 aliphatic heterocycles. The van der Waals surface area contributed by atoms with Crippen LogP contribution in [0.1, 0.15) is 10.4 Å². The smallest absolute Gasteiger partial charge is 0.251 e. The first-order chi connectivity index (χ1) is 8.36. The molecule has 1 heterocycles. The van der Waals surface area contributed by atoms with Gasteiger partial charge in [-0.15, -0.1) is 0 Å². The van der Waals surface area contributed by atoms with Crippen LogP contribution < -0.4 is 5.32 Å². The van der Waals surface area contributed by atoms with E-state index in [0.717, 1.165) is 0 Å². The lowest BCUT2D eigenvalue weighted by Crippen LogP contribution is -2.26. The van der Waals surface area contributed by atoms with Crippen molar-refractivity contribution < 1.29 is 9.32 Å². The van der Waals surface area contributed by atoms with Crippen LogP contribution >= 0.6 is 29.3 Å². The summed E-state index contributed by atoms with van der Waals surface area (Å²) in [5.74, 6) is 2.34. The fraction of sp³-hybridized carbons (Fsp3) is 0.364. The molecule has 6 heteroatoms. The maximum atomic E-state index is 11.7. The first kappa shape index (κ1) is 13.2. The third kappa shape index (κ3) is 4.51. The topological polar surface area (TPSA) is 38.3 Å². The minimum atomic E-state index is -0.348. The summed E-state index contributed by atoms with van der Waals surface area (Å²) in [6, 6.07) is 9.24. The second kappa shape index (κ2) is 7.27. The van der Waals surface area contributed by atoms with Gasteiger partial charge in [-0.25, -0.2) is 0 Å². The highest BCUT2D eigenvalue weighted by Crippen LogP contribution is 2.66. The Bertz CT molecular complexity index is 358. The number of hydrogen-bond acceptors (Lipinski definition) is 4. The van der Waals surface area contributed by atoms with Crippen molar-refractivity contribution in [3.8, 4) is 0 Å². The van der Waals surface area contributed by atoms with E-state index in [1.165, 1.54) is 11.5 Å². The molecule has 1 N–H and O–H groups in total. The average Bonchev–Trinajstić information content (AvgIpc) is 2.88. The standard InChI is InChI=1S/C11H14NO2PS2/c13-11(10-4-2-1-3-5-10)12-6-7-14-15-16-8-9-17-15/h1-5H,6-9H2,(H,12,13). The highest BCUT2D eigenvalue weighted by Gasteiger charge is 2.17. The fourth-order valence-electron chi connectivity index (χ4n) is 1.31. The van der Waals surface area contributed by atoms with Gasteiger partial charge in [0.25, 0.3) is 5.91 Å². The summed E-state index contributed by atoms with van der Waals surface area (Å²) in [5.41, 5.74) is 0.697. The lowest BCUT2D eigenvalue weighted by molar-refractivity contribution is 0.0948. The number of nitrogens with one attached hydrogen (secondary N) is 1. The van der Waals surface area contributed by atoms with Crippen molar-refractivity contribution in [1.29, 1.82) is 0 Å². The van der Waals surface area contributed by atoms with Crippen LogP contribution in [0.15, 0.2) is 30.3 Å². The molecule has 1 amide bonds. The second-order valence-corrected chi connectivity index (χ2v) is 9.62. The van der Waals surface area contributed by atoms with Gasteiger partial charge in [0.1, 0.15) is 0 Å². The zero-order valence-corrected chi connectivity index (χ0v) is 11.8. The van der Waals surface area contributed by atoms with Crippen LogP contribution in [0.3, 0.4) is 0 Å². The van der Waals surface area contributed by atoms with Crippen LogP contribution in [0.4, 0.5) is 0 Å². The van der Waals surface area contributed by atoms with Crippen molar-refractivity contribution in [3.05, 3.63) is 35.9 Å². The average molecular weight is 287 g/mol. The van der Waals surface area contributed by atoms with E-state index in [0.29, 0.717) is 18.7 Å². The zero-order chi connectivity index (χ0) is 11.9. The number of rotatable bonds is 5. The summed E-state index contributed by atoms with van der Waals surface area (Å²) in [4.78, 5) is 11.7. The molecule has 0 aliphatic carbocycles. The second-order valence-electron chi connectivity index (χ2n) is 3.35. The molecule has 2 rings (SSSR count). The van der Waals surface area contributed by atoms with E-state index in [-0.39, 0.29) is 12.5 Å². The summed E-state index contributed by atoms with van der Waals surface area (Å²) in [5, 5.41) is 2.85. The molecule has 0 spiro atoms. The van der Waals surface area contributed by atoms with Gasteiger partial charge in [-0.3, -0.25) is 4.79 Å². The molecule has 0 bridgehead atoms. The van der Waals surface area contributed by atoms with Crippen LogP contribution in [0, 0.1) is 0 Å². The quantitative estimate of drug-likeness (QED) is 0.667. The van der Waals surface area contributed by atoms with E-state index < -0.39 is 0 Å². The Morgan fingerprint density at radius 3 is 2.71 bits per heavy atom. The zero-order valence-electron chi connectivity index (χ0n) is 9.30. The van der Waals surface area contributed by atoms with Crippen LogP contribution in [0.5, 0.6) is 0 Å². The van der Waals surface area contributed by atoms with Gasteiger partial charge in [0, 0.05) is 23.6 Å². The van der Waals surface area contributed by atoms with Crippen molar-refractivity contribution in [2.45, 2.75) is 0 Å². The normalized spacial score (nSPS) is 16.0. The molecule has 1 fully saturated rings. The molecule has 0 unspecified atom stereocenters. The van der Waals surface area contributed by atoms with E-state index in [1.54, 1.807) is 0 Å². The van der Waals surface area contributed by atoms with Crippen molar-refractivity contribution in [1.82, 2.24) is 5.32 Å². The fourth-order valence-corrected chi connectivity index (χ4v) is 8.04. The highest BCUT2D eigenvalue weighted by atomic mass is 33.1. The number of amides is 1. The number of carbonyl (C=O) groups is 1. The van der Waals surface area contributed by atoms with Gasteiger partial charge in [-0.05, 0) is 12.1 Å². The van der Waals surface area contributed by atoms with Crippen molar-refractivity contribution in [2.24, 2.45) is 0 Å². The van der Waals surface area contributed by atoms with Crippen molar-refractivity contribution in [3.63, 3.8) is 0 Å². The third-order valence-electron chi connectivity index (χ3n) is 2.10. The SMILES string of the molecule is O=C(NCCOP1SCCS1)c1ccccc1. The Kier molecular flexibility index (Phi) is 5.65. The maximum Gasteiger partial charge on any atom is 0.251 e. The molecular weight excluding hydrogens is 273 g/mol. The van der Waals surface area contributed by atoms with Gasteiger partial charge in [0.15, 0.2) is 6.55 Å². The number of hydrogen-bond donors (Lipinski definition) is 1. The van der Waals surface area contributed by atoms with E-state index >= 15 is 0 Å². The Morgan fingerprint density at radius 2 is 2.00 bits per heavy atom. The first-order valence-corrected chi connectivity index (χ1v) is 9.82. The van der Waals surface area contributed by atoms with E-state index in [9.17, 15) is 4.79 Å². The molecule has 1 aromatic carbocycles. The highest BCUT2D eigenvalue weighted by molar-refractivity contribution is 8.88. The Balaban J connectivity index is 1.63. The first-order valence-electron chi connectivity index (χ1n) is 5.38. The summed E-state index contributed by atoms with van der Waals surface area (Å²) in [6.07, 6.45) is 0. The van der Waals surface area contributed by atoms with Gasteiger partial charge >= 0.3 is 0 Å². The summed E-state index contributed by atoms with van der Waals surface area (Å²) < 4.78 is 5.67. The predicted octanol–water partition coefficient (Wildman–Crippen LogP) is 3.14. The van der Waals surface area contributed by atoms with Gasteiger partial charge in [-0.2, -0.15) is 0 Å². The summed E-state index contributed by atoms with van der Waals surface area (Å²) in [7, 11) is 0. The van der Waals surface area contributed by atoms with Crippen LogP contribution in [-0.4, -0.2) is 30.6 Å². The van der Waals surface area contributed by atoms with Gasteiger partial charge in [0.05, 0.1) is 6.61 Å². The molecule has 1 aliphatic rings.